The number of pyridine rings is 1. The van der Waals surface area contributed by atoms with Crippen LogP contribution in [0.25, 0.3) is 5.69 Å². The van der Waals surface area contributed by atoms with Crippen molar-refractivity contribution in [2.75, 3.05) is 23.5 Å². The third-order valence-corrected chi connectivity index (χ3v) is 4.86. The molecule has 0 spiro atoms. The molecule has 0 fully saturated rings. The van der Waals surface area contributed by atoms with Gasteiger partial charge in [0.2, 0.25) is 12.1 Å². The highest BCUT2D eigenvalue weighted by Crippen LogP contribution is 2.25. The van der Waals surface area contributed by atoms with Crippen LogP contribution in [0, 0.1) is 5.21 Å². The van der Waals surface area contributed by atoms with Crippen molar-refractivity contribution in [3.8, 4) is 5.69 Å². The van der Waals surface area contributed by atoms with E-state index in [9.17, 15) is 27.4 Å². The quantitative estimate of drug-likeness (QED) is 0.537. The van der Waals surface area contributed by atoms with Crippen molar-refractivity contribution in [3.63, 3.8) is 0 Å². The minimum absolute atomic E-state index is 0.0291. The maximum atomic E-state index is 12.2. The van der Waals surface area contributed by atoms with Crippen LogP contribution in [0.5, 0.6) is 0 Å². The number of nitrogens with zero attached hydrogens (tertiary/aromatic N) is 4. The number of amides is 1. The van der Waals surface area contributed by atoms with Gasteiger partial charge in [-0.05, 0) is 6.07 Å². The highest BCUT2D eigenvalue weighted by atomic mass is 35.5. The van der Waals surface area contributed by atoms with E-state index in [1.165, 1.54) is 36.4 Å². The monoisotopic (exact) mass is 410 g/mol. The highest BCUT2D eigenvalue weighted by molar-refractivity contribution is 7.85. The molecule has 2 heterocycles. The lowest BCUT2D eigenvalue weighted by molar-refractivity contribution is -0.605. The number of anilines is 1. The molecule has 0 aliphatic rings. The maximum absolute atomic E-state index is 12.2. The Morgan fingerprint density at radius 1 is 1.50 bits per heavy atom. The van der Waals surface area contributed by atoms with Gasteiger partial charge in [-0.3, -0.25) is 9.00 Å². The van der Waals surface area contributed by atoms with Gasteiger partial charge >= 0.3 is 6.18 Å². The molecule has 0 saturated heterocycles. The molecule has 7 nitrogen and oxygen atoms in total. The van der Waals surface area contributed by atoms with E-state index in [4.69, 9.17) is 11.6 Å². The molecule has 1 unspecified atom stereocenters. The summed E-state index contributed by atoms with van der Waals surface area (Å²) in [6.07, 6.45) is -0.950. The first-order chi connectivity index (χ1) is 12.1. The molecule has 0 radical (unpaired) electrons. The molecular weight excluding hydrogens is 397 g/mol. The normalized spacial score (nSPS) is 12.8. The zero-order chi connectivity index (χ0) is 19.5. The SMILES string of the molecule is CN(C(=O)CCS(=O)CC(F)(F)F)c1cn(-c2ccc[n+]([O-])c2)nc1Cl. The Kier molecular flexibility index (Phi) is 6.24. The van der Waals surface area contributed by atoms with Crippen LogP contribution in [-0.2, 0) is 15.6 Å². The van der Waals surface area contributed by atoms with Crippen LogP contribution in [0.15, 0.2) is 30.7 Å². The molecule has 2 aromatic heterocycles. The molecular formula is C14H14ClF3N4O3S. The van der Waals surface area contributed by atoms with Crippen molar-refractivity contribution >= 4 is 34.0 Å². The molecule has 2 rings (SSSR count). The number of aromatic nitrogens is 3. The third kappa shape index (κ3) is 5.43. The Balaban J connectivity index is 2.06. The highest BCUT2D eigenvalue weighted by Gasteiger charge is 2.30. The van der Waals surface area contributed by atoms with E-state index in [1.807, 2.05) is 0 Å². The van der Waals surface area contributed by atoms with Crippen molar-refractivity contribution < 1.29 is 26.9 Å². The summed E-state index contributed by atoms with van der Waals surface area (Å²) in [6.45, 7) is 0. The van der Waals surface area contributed by atoms with E-state index < -0.39 is 34.4 Å². The summed E-state index contributed by atoms with van der Waals surface area (Å²) < 4.78 is 49.7. The van der Waals surface area contributed by atoms with Gasteiger partial charge in [-0.25, -0.2) is 4.68 Å². The number of alkyl halides is 3. The van der Waals surface area contributed by atoms with Crippen molar-refractivity contribution in [3.05, 3.63) is 41.1 Å². The van der Waals surface area contributed by atoms with Gasteiger partial charge in [-0.1, -0.05) is 11.6 Å². The van der Waals surface area contributed by atoms with Crippen LogP contribution >= 0.6 is 11.6 Å². The first-order valence-corrected chi connectivity index (χ1v) is 9.06. The second-order valence-electron chi connectivity index (χ2n) is 5.28. The van der Waals surface area contributed by atoms with Crippen LogP contribution in [0.1, 0.15) is 6.42 Å². The van der Waals surface area contributed by atoms with Gasteiger partial charge in [0.1, 0.15) is 17.1 Å². The smallest absolute Gasteiger partial charge is 0.400 e. The van der Waals surface area contributed by atoms with Gasteiger partial charge in [-0.15, -0.1) is 0 Å². The van der Waals surface area contributed by atoms with E-state index >= 15 is 0 Å². The summed E-state index contributed by atoms with van der Waals surface area (Å²) in [6, 6.07) is 3.10. The summed E-state index contributed by atoms with van der Waals surface area (Å²) >= 11 is 6.00. The van der Waals surface area contributed by atoms with E-state index in [1.54, 1.807) is 6.07 Å². The maximum Gasteiger partial charge on any atom is 0.400 e. The summed E-state index contributed by atoms with van der Waals surface area (Å²) in [5.74, 6) is -2.43. The minimum atomic E-state index is -4.54. The van der Waals surface area contributed by atoms with Gasteiger partial charge in [0, 0.05) is 36.1 Å². The second kappa shape index (κ2) is 8.04. The largest absolute Gasteiger partial charge is 0.619 e. The lowest BCUT2D eigenvalue weighted by Gasteiger charge is -2.15. The van der Waals surface area contributed by atoms with E-state index in [0.717, 1.165) is 4.90 Å². The number of carbonyl (C=O) groups excluding carboxylic acids is 1. The van der Waals surface area contributed by atoms with Crippen LogP contribution in [0.4, 0.5) is 18.9 Å². The lowest BCUT2D eigenvalue weighted by Crippen LogP contribution is -2.28. The van der Waals surface area contributed by atoms with E-state index in [0.29, 0.717) is 10.4 Å². The first-order valence-electron chi connectivity index (χ1n) is 7.19. The van der Waals surface area contributed by atoms with Gasteiger partial charge in [0.25, 0.3) is 0 Å². The number of halogens is 4. The van der Waals surface area contributed by atoms with Crippen molar-refractivity contribution in [2.45, 2.75) is 12.6 Å². The van der Waals surface area contributed by atoms with E-state index in [-0.39, 0.29) is 17.3 Å². The fraction of sp³-hybridized carbons (Fsp3) is 0.357. The van der Waals surface area contributed by atoms with Crippen LogP contribution in [-0.4, -0.2) is 44.6 Å². The van der Waals surface area contributed by atoms with E-state index in [2.05, 4.69) is 5.10 Å². The number of carbonyl (C=O) groups is 1. The van der Waals surface area contributed by atoms with Crippen LogP contribution in [0.3, 0.4) is 0 Å². The first kappa shape index (κ1) is 20.2. The molecule has 142 valence electrons. The Bertz CT molecular complexity index is 828. The van der Waals surface area contributed by atoms with Gasteiger partial charge in [-0.2, -0.15) is 23.0 Å². The molecule has 2 aromatic rings. The Hall–Kier alpha value is -2.14. The molecule has 0 aliphatic heterocycles. The van der Waals surface area contributed by atoms with Crippen molar-refractivity contribution in [1.29, 1.82) is 0 Å². The van der Waals surface area contributed by atoms with Crippen LogP contribution < -0.4 is 9.63 Å². The van der Waals surface area contributed by atoms with Gasteiger partial charge < -0.3 is 10.1 Å². The molecule has 0 aliphatic carbocycles. The number of hydrogen-bond donors (Lipinski definition) is 0. The predicted octanol–water partition coefficient (Wildman–Crippen LogP) is 1.82. The van der Waals surface area contributed by atoms with Crippen molar-refractivity contribution in [2.24, 2.45) is 0 Å². The number of hydrogen-bond acceptors (Lipinski definition) is 4. The summed E-state index contributed by atoms with van der Waals surface area (Å²) in [4.78, 5) is 13.2. The fourth-order valence-electron chi connectivity index (χ4n) is 2.04. The molecule has 0 saturated carbocycles. The molecule has 0 N–H and O–H groups in total. The summed E-state index contributed by atoms with van der Waals surface area (Å²) in [7, 11) is -0.803. The Morgan fingerprint density at radius 3 is 2.81 bits per heavy atom. The van der Waals surface area contributed by atoms with Gasteiger partial charge in [0.05, 0.1) is 6.20 Å². The zero-order valence-electron chi connectivity index (χ0n) is 13.4. The predicted molar refractivity (Wildman–Crippen MR) is 89.5 cm³/mol. The molecule has 26 heavy (non-hydrogen) atoms. The van der Waals surface area contributed by atoms with Crippen LogP contribution in [0.2, 0.25) is 5.15 Å². The summed E-state index contributed by atoms with van der Waals surface area (Å²) in [5, 5.41) is 15.3. The average Bonchev–Trinajstić information content (AvgIpc) is 2.92. The Labute approximate surface area is 154 Å². The molecule has 1 amide bonds. The second-order valence-corrected chi connectivity index (χ2v) is 7.21. The zero-order valence-corrected chi connectivity index (χ0v) is 15.0. The summed E-state index contributed by atoms with van der Waals surface area (Å²) in [5.41, 5.74) is 0.613. The minimum Gasteiger partial charge on any atom is -0.619 e. The lowest BCUT2D eigenvalue weighted by atomic mass is 10.4. The topological polar surface area (TPSA) is 82.1 Å². The standard InChI is InChI=1S/C14H14ClF3N4O3S/c1-20(12(23)4-6-26(25)9-14(16,17)18)11-8-22(19-13(11)15)10-3-2-5-21(24)7-10/h2-3,5,7-8H,4,6,9H2,1H3. The van der Waals surface area contributed by atoms with Gasteiger partial charge in [0.15, 0.2) is 11.3 Å². The number of rotatable bonds is 6. The fourth-order valence-corrected chi connectivity index (χ4v) is 3.21. The Morgan fingerprint density at radius 2 is 2.19 bits per heavy atom. The van der Waals surface area contributed by atoms with Crippen molar-refractivity contribution in [1.82, 2.24) is 9.78 Å². The molecule has 12 heteroatoms. The molecule has 0 bridgehead atoms. The molecule has 0 aromatic carbocycles. The average molecular weight is 411 g/mol. The third-order valence-electron chi connectivity index (χ3n) is 3.28. The molecule has 1 atom stereocenters.